The molecule has 0 atom stereocenters. The summed E-state index contributed by atoms with van der Waals surface area (Å²) in [6.45, 7) is 3.92. The predicted molar refractivity (Wildman–Crippen MR) is 112 cm³/mol. The third-order valence-corrected chi connectivity index (χ3v) is 5.52. The van der Waals surface area contributed by atoms with Crippen LogP contribution in [0.1, 0.15) is 37.8 Å². The Balaban J connectivity index is 2.07. The number of benzene rings is 2. The van der Waals surface area contributed by atoms with Gasteiger partial charge >= 0.3 is 0 Å². The zero-order valence-electron chi connectivity index (χ0n) is 16.2. The third-order valence-electron chi connectivity index (χ3n) is 4.38. The maximum Gasteiger partial charge on any atom is 0.245 e. The molecular weight excluding hydrogens is 360 g/mol. The van der Waals surface area contributed by atoms with Gasteiger partial charge in [-0.25, -0.2) is 8.42 Å². The van der Waals surface area contributed by atoms with Crippen LogP contribution in [0.4, 0.5) is 11.4 Å². The second kappa shape index (κ2) is 9.55. The van der Waals surface area contributed by atoms with Crippen molar-refractivity contribution in [2.75, 3.05) is 22.4 Å². The first-order valence-electron chi connectivity index (χ1n) is 9.29. The monoisotopic (exact) mass is 388 g/mol. The normalized spacial score (nSPS) is 11.2. The fraction of sp³-hybridized carbons (Fsp3) is 0.381. The van der Waals surface area contributed by atoms with Gasteiger partial charge in [-0.3, -0.25) is 9.10 Å². The van der Waals surface area contributed by atoms with E-state index in [9.17, 15) is 13.2 Å². The Morgan fingerprint density at radius 1 is 0.963 bits per heavy atom. The molecule has 1 amide bonds. The molecule has 6 heteroatoms. The van der Waals surface area contributed by atoms with Crippen LogP contribution >= 0.6 is 0 Å². The highest BCUT2D eigenvalue weighted by Gasteiger charge is 2.20. The van der Waals surface area contributed by atoms with Crippen LogP contribution in [0.3, 0.4) is 0 Å². The van der Waals surface area contributed by atoms with Gasteiger partial charge in [-0.2, -0.15) is 0 Å². The lowest BCUT2D eigenvalue weighted by molar-refractivity contribution is -0.114. The quantitative estimate of drug-likeness (QED) is 0.706. The van der Waals surface area contributed by atoms with E-state index in [1.54, 1.807) is 12.1 Å². The number of hydrogen-bond donors (Lipinski definition) is 1. The van der Waals surface area contributed by atoms with Gasteiger partial charge in [0.05, 0.1) is 11.9 Å². The summed E-state index contributed by atoms with van der Waals surface area (Å²) in [6.07, 6.45) is 5.26. The van der Waals surface area contributed by atoms with E-state index in [1.807, 2.05) is 43.3 Å². The summed E-state index contributed by atoms with van der Waals surface area (Å²) < 4.78 is 25.5. The summed E-state index contributed by atoms with van der Waals surface area (Å²) >= 11 is 0. The first-order chi connectivity index (χ1) is 12.8. The van der Waals surface area contributed by atoms with Gasteiger partial charge in [0.2, 0.25) is 15.9 Å². The number of carbonyl (C=O) groups is 1. The molecule has 0 fully saturated rings. The zero-order chi connectivity index (χ0) is 19.9. The van der Waals surface area contributed by atoms with Gasteiger partial charge < -0.3 is 5.32 Å². The summed E-state index contributed by atoms with van der Waals surface area (Å²) in [6, 6.07) is 14.9. The molecule has 0 aliphatic heterocycles. The van der Waals surface area contributed by atoms with Gasteiger partial charge in [-0.15, -0.1) is 0 Å². The first kappa shape index (κ1) is 21.0. The molecule has 5 nitrogen and oxygen atoms in total. The molecule has 2 aromatic rings. The van der Waals surface area contributed by atoms with Crippen molar-refractivity contribution in [3.63, 3.8) is 0 Å². The standard InChI is InChI=1S/C21H28N2O3S/c1-4-6-7-18-8-12-19(13-9-18)22-21(24)16-23(27(3,25)26)20-14-10-17(5-2)11-15-20/h8-15H,4-7,16H2,1-3H3,(H,22,24). The fourth-order valence-corrected chi connectivity index (χ4v) is 3.62. The summed E-state index contributed by atoms with van der Waals surface area (Å²) in [5, 5.41) is 2.78. The smallest absolute Gasteiger partial charge is 0.245 e. The van der Waals surface area contributed by atoms with Crippen molar-refractivity contribution in [3.8, 4) is 0 Å². The van der Waals surface area contributed by atoms with Crippen LogP contribution in [-0.4, -0.2) is 27.1 Å². The van der Waals surface area contributed by atoms with Crippen LogP contribution in [0.5, 0.6) is 0 Å². The van der Waals surface area contributed by atoms with Gasteiger partial charge in [-0.1, -0.05) is 44.5 Å². The molecule has 0 radical (unpaired) electrons. The van der Waals surface area contributed by atoms with E-state index >= 15 is 0 Å². The van der Waals surface area contributed by atoms with Crippen LogP contribution in [0.15, 0.2) is 48.5 Å². The number of aryl methyl sites for hydroxylation is 2. The highest BCUT2D eigenvalue weighted by Crippen LogP contribution is 2.19. The minimum absolute atomic E-state index is 0.262. The van der Waals surface area contributed by atoms with Crippen LogP contribution in [-0.2, 0) is 27.7 Å². The molecular formula is C21H28N2O3S. The van der Waals surface area contributed by atoms with Crippen molar-refractivity contribution in [3.05, 3.63) is 59.7 Å². The lowest BCUT2D eigenvalue weighted by Gasteiger charge is -2.22. The van der Waals surface area contributed by atoms with Crippen LogP contribution in [0, 0.1) is 0 Å². The van der Waals surface area contributed by atoms with Crippen LogP contribution < -0.4 is 9.62 Å². The molecule has 0 saturated carbocycles. The fourth-order valence-electron chi connectivity index (χ4n) is 2.76. The Kier molecular flexibility index (Phi) is 7.42. The molecule has 0 aliphatic carbocycles. The Labute approximate surface area is 162 Å². The number of sulfonamides is 1. The molecule has 0 aromatic heterocycles. The number of carbonyl (C=O) groups excluding carboxylic acids is 1. The minimum Gasteiger partial charge on any atom is -0.325 e. The first-order valence-corrected chi connectivity index (χ1v) is 11.1. The number of nitrogens with zero attached hydrogens (tertiary/aromatic N) is 1. The molecule has 2 aromatic carbocycles. The van der Waals surface area contributed by atoms with Gasteiger partial charge in [0.15, 0.2) is 0 Å². The lowest BCUT2D eigenvalue weighted by Crippen LogP contribution is -2.37. The van der Waals surface area contributed by atoms with Gasteiger partial charge in [-0.05, 0) is 54.7 Å². The van der Waals surface area contributed by atoms with Crippen molar-refractivity contribution in [2.45, 2.75) is 39.5 Å². The number of amides is 1. The largest absolute Gasteiger partial charge is 0.325 e. The zero-order valence-corrected chi connectivity index (χ0v) is 17.1. The van der Waals surface area contributed by atoms with E-state index in [2.05, 4.69) is 12.2 Å². The van der Waals surface area contributed by atoms with Crippen molar-refractivity contribution in [1.29, 1.82) is 0 Å². The van der Waals surface area contributed by atoms with Crippen molar-refractivity contribution in [1.82, 2.24) is 0 Å². The maximum absolute atomic E-state index is 12.4. The highest BCUT2D eigenvalue weighted by molar-refractivity contribution is 7.92. The van der Waals surface area contributed by atoms with Crippen molar-refractivity contribution >= 4 is 27.3 Å². The van der Waals surface area contributed by atoms with Crippen molar-refractivity contribution < 1.29 is 13.2 Å². The van der Waals surface area contributed by atoms with E-state index < -0.39 is 10.0 Å². The number of anilines is 2. The average molecular weight is 389 g/mol. The molecule has 0 spiro atoms. The molecule has 1 N–H and O–H groups in total. The van der Waals surface area contributed by atoms with Gasteiger partial charge in [0.25, 0.3) is 0 Å². The molecule has 0 saturated heterocycles. The molecule has 2 rings (SSSR count). The Hall–Kier alpha value is -2.34. The molecule has 146 valence electrons. The molecule has 0 heterocycles. The van der Waals surface area contributed by atoms with Crippen LogP contribution in [0.25, 0.3) is 0 Å². The summed E-state index contributed by atoms with van der Waals surface area (Å²) in [5.74, 6) is -0.374. The molecule has 0 aliphatic rings. The Morgan fingerprint density at radius 2 is 1.56 bits per heavy atom. The lowest BCUT2D eigenvalue weighted by atomic mass is 10.1. The molecule has 27 heavy (non-hydrogen) atoms. The van der Waals surface area contributed by atoms with Gasteiger partial charge in [0.1, 0.15) is 6.54 Å². The van der Waals surface area contributed by atoms with E-state index in [4.69, 9.17) is 0 Å². The van der Waals surface area contributed by atoms with Gasteiger partial charge in [0, 0.05) is 5.69 Å². The molecule has 0 unspecified atom stereocenters. The van der Waals surface area contributed by atoms with Crippen molar-refractivity contribution in [2.24, 2.45) is 0 Å². The van der Waals surface area contributed by atoms with E-state index in [1.165, 1.54) is 5.56 Å². The third kappa shape index (κ3) is 6.40. The number of rotatable bonds is 9. The second-order valence-corrected chi connectivity index (χ2v) is 8.55. The maximum atomic E-state index is 12.4. The van der Waals surface area contributed by atoms with E-state index in [0.717, 1.165) is 41.8 Å². The van der Waals surface area contributed by atoms with Crippen LogP contribution in [0.2, 0.25) is 0 Å². The summed E-state index contributed by atoms with van der Waals surface area (Å²) in [5.41, 5.74) is 3.48. The topological polar surface area (TPSA) is 66.5 Å². The Bertz CT molecular complexity index is 844. The average Bonchev–Trinajstić information content (AvgIpc) is 2.65. The van der Waals surface area contributed by atoms with E-state index in [-0.39, 0.29) is 12.5 Å². The summed E-state index contributed by atoms with van der Waals surface area (Å²) in [7, 11) is -3.57. The minimum atomic E-state index is -3.57. The Morgan fingerprint density at radius 3 is 2.07 bits per heavy atom. The SMILES string of the molecule is CCCCc1ccc(NC(=O)CN(c2ccc(CC)cc2)S(C)(=O)=O)cc1. The second-order valence-electron chi connectivity index (χ2n) is 6.64. The number of hydrogen-bond acceptors (Lipinski definition) is 3. The predicted octanol–water partition coefficient (Wildman–Crippen LogP) is 4.00. The van der Waals surface area contributed by atoms with E-state index in [0.29, 0.717) is 11.4 Å². The highest BCUT2D eigenvalue weighted by atomic mass is 32.2. The number of unbranched alkanes of at least 4 members (excludes halogenated alkanes) is 1. The summed E-state index contributed by atoms with van der Waals surface area (Å²) in [4.78, 5) is 12.4. The number of nitrogens with one attached hydrogen (secondary N) is 1. The molecule has 0 bridgehead atoms.